The third-order valence-electron chi connectivity index (χ3n) is 12.9. The van der Waals surface area contributed by atoms with Gasteiger partial charge in [0.15, 0.2) is 0 Å². The van der Waals surface area contributed by atoms with Crippen LogP contribution in [-0.4, -0.2) is 19.0 Å². The average Bonchev–Trinajstić information content (AvgIpc) is 2.88. The number of hydrogen-bond donors (Lipinski definition) is 0. The van der Waals surface area contributed by atoms with Crippen molar-refractivity contribution >= 4 is 5.78 Å². The Hall–Kier alpha value is -0.630. The second kappa shape index (κ2) is 7.44. The summed E-state index contributed by atoms with van der Waals surface area (Å²) in [5.41, 5.74) is 2.99. The molecule has 5 rings (SSSR count). The lowest BCUT2D eigenvalue weighted by atomic mass is 9.42. The first-order valence-corrected chi connectivity index (χ1v) is 14.1. The molecule has 0 aromatic rings. The van der Waals surface area contributed by atoms with Crippen LogP contribution in [0.5, 0.6) is 0 Å². The van der Waals surface area contributed by atoms with Gasteiger partial charge in [0.2, 0.25) is 0 Å². The van der Waals surface area contributed by atoms with Gasteiger partial charge in [-0.15, -0.1) is 0 Å². The van der Waals surface area contributed by atoms with Crippen LogP contribution in [-0.2, 0) is 9.53 Å². The fourth-order valence-electron chi connectivity index (χ4n) is 11.2. The van der Waals surface area contributed by atoms with Gasteiger partial charge in [0, 0.05) is 18.9 Å². The second-order valence-corrected chi connectivity index (χ2v) is 14.9. The molecule has 0 heterocycles. The first-order chi connectivity index (χ1) is 15.3. The lowest BCUT2D eigenvalue weighted by Crippen LogP contribution is -2.58. The van der Waals surface area contributed by atoms with Gasteiger partial charge in [0.05, 0.1) is 6.10 Å². The van der Waals surface area contributed by atoms with E-state index in [0.29, 0.717) is 40.0 Å². The number of hydrogen-bond acceptors (Lipinski definition) is 2. The van der Waals surface area contributed by atoms with Crippen molar-refractivity contribution in [1.29, 1.82) is 0 Å². The highest BCUT2D eigenvalue weighted by molar-refractivity contribution is 5.85. The smallest absolute Gasteiger partial charge is 0.138 e. The highest BCUT2D eigenvalue weighted by atomic mass is 16.5. The van der Waals surface area contributed by atoms with E-state index in [1.807, 2.05) is 7.11 Å². The zero-order valence-corrected chi connectivity index (χ0v) is 22.9. The summed E-state index contributed by atoms with van der Waals surface area (Å²) in [5, 5.41) is 0. The number of ketones is 1. The molecule has 0 aromatic heterocycles. The molecule has 0 aliphatic heterocycles. The number of methoxy groups -OCH3 is 1. The highest BCUT2D eigenvalue weighted by Crippen LogP contribution is 2.70. The molecule has 4 fully saturated rings. The Bertz CT molecular complexity index is 851. The largest absolute Gasteiger partial charge is 0.381 e. The summed E-state index contributed by atoms with van der Waals surface area (Å²) in [5.74, 6) is 3.24. The zero-order chi connectivity index (χ0) is 24.0. The Morgan fingerprint density at radius 3 is 2.24 bits per heavy atom. The minimum Gasteiger partial charge on any atom is -0.381 e. The van der Waals surface area contributed by atoms with E-state index in [2.05, 4.69) is 54.5 Å². The van der Waals surface area contributed by atoms with Gasteiger partial charge < -0.3 is 4.74 Å². The van der Waals surface area contributed by atoms with Crippen molar-refractivity contribution in [3.05, 3.63) is 11.6 Å². The van der Waals surface area contributed by atoms with E-state index in [1.54, 1.807) is 5.57 Å². The third kappa shape index (κ3) is 3.17. The topological polar surface area (TPSA) is 26.3 Å². The molecule has 0 spiro atoms. The molecule has 0 amide bonds. The van der Waals surface area contributed by atoms with Crippen LogP contribution in [0.1, 0.15) is 113 Å². The lowest BCUT2D eigenvalue weighted by molar-refractivity contribution is -0.177. The van der Waals surface area contributed by atoms with Gasteiger partial charge >= 0.3 is 0 Å². The van der Waals surface area contributed by atoms with Gasteiger partial charge in [-0.1, -0.05) is 60.1 Å². The van der Waals surface area contributed by atoms with Crippen molar-refractivity contribution in [2.24, 2.45) is 50.7 Å². The number of rotatable bonds is 1. The molecule has 4 saturated carbocycles. The summed E-state index contributed by atoms with van der Waals surface area (Å²) in [4.78, 5) is 12.9. The molecule has 5 aliphatic rings. The molecular formula is C31H50O2. The first kappa shape index (κ1) is 24.1. The van der Waals surface area contributed by atoms with Crippen molar-refractivity contribution in [1.82, 2.24) is 0 Å². The quantitative estimate of drug-likeness (QED) is 0.375. The minimum atomic E-state index is -0.169. The van der Waals surface area contributed by atoms with Crippen LogP contribution in [0.4, 0.5) is 0 Å². The molecule has 0 radical (unpaired) electrons. The van der Waals surface area contributed by atoms with Crippen LogP contribution in [0.15, 0.2) is 11.6 Å². The number of ether oxygens (including phenoxy) is 1. The molecule has 33 heavy (non-hydrogen) atoms. The van der Waals surface area contributed by atoms with Crippen molar-refractivity contribution in [2.75, 3.05) is 7.11 Å². The molecule has 5 aliphatic carbocycles. The minimum absolute atomic E-state index is 0.169. The zero-order valence-electron chi connectivity index (χ0n) is 22.9. The van der Waals surface area contributed by atoms with Crippen molar-refractivity contribution < 1.29 is 9.53 Å². The van der Waals surface area contributed by atoms with E-state index >= 15 is 0 Å². The standard InChI is InChI=1S/C31H50O2/c1-27(2)22-11-9-20-19-29(5)16-13-23-28(3,4)26(33-8)15-18-31(23,7)24(29)12-10-21(20)30(22,6)17-14-25(27)32/h9,21-24,26H,10-19H2,1-8H3/t21-,22+,23-,24+,26+,29+,30-,31+/m1/s1. The summed E-state index contributed by atoms with van der Waals surface area (Å²) >= 11 is 0. The summed E-state index contributed by atoms with van der Waals surface area (Å²) < 4.78 is 6.03. The van der Waals surface area contributed by atoms with E-state index < -0.39 is 0 Å². The summed E-state index contributed by atoms with van der Waals surface area (Å²) in [6, 6.07) is 0. The molecule has 0 unspecified atom stereocenters. The molecule has 0 saturated heterocycles. The maximum atomic E-state index is 12.9. The maximum absolute atomic E-state index is 12.9. The number of allylic oxidation sites excluding steroid dienone is 2. The van der Waals surface area contributed by atoms with Crippen LogP contribution in [0.3, 0.4) is 0 Å². The van der Waals surface area contributed by atoms with E-state index in [-0.39, 0.29) is 10.8 Å². The Balaban J connectivity index is 1.50. The lowest BCUT2D eigenvalue weighted by Gasteiger charge is -2.64. The van der Waals surface area contributed by atoms with Gasteiger partial charge in [-0.2, -0.15) is 0 Å². The summed E-state index contributed by atoms with van der Waals surface area (Å²) in [6.45, 7) is 17.4. The number of Topliss-reactive ketones (excluding diaryl/α,β-unsaturated/α-hetero) is 1. The third-order valence-corrected chi connectivity index (χ3v) is 12.9. The van der Waals surface area contributed by atoms with Crippen molar-refractivity contribution in [2.45, 2.75) is 119 Å². The molecule has 0 bridgehead atoms. The predicted molar refractivity (Wildman–Crippen MR) is 136 cm³/mol. The first-order valence-electron chi connectivity index (χ1n) is 14.1. The van der Waals surface area contributed by atoms with Crippen LogP contribution in [0.2, 0.25) is 0 Å². The number of carbonyl (C=O) groups is 1. The molecule has 186 valence electrons. The Kier molecular flexibility index (Phi) is 5.43. The van der Waals surface area contributed by atoms with Crippen LogP contribution >= 0.6 is 0 Å². The normalized spacial score (nSPS) is 50.7. The van der Waals surface area contributed by atoms with Crippen LogP contribution in [0, 0.1) is 50.7 Å². The van der Waals surface area contributed by atoms with E-state index in [0.717, 1.165) is 31.1 Å². The van der Waals surface area contributed by atoms with Gasteiger partial charge in [0.1, 0.15) is 5.78 Å². The Morgan fingerprint density at radius 2 is 1.55 bits per heavy atom. The van der Waals surface area contributed by atoms with E-state index in [9.17, 15) is 4.79 Å². The molecule has 0 aromatic carbocycles. The van der Waals surface area contributed by atoms with E-state index in [4.69, 9.17) is 4.74 Å². The average molecular weight is 455 g/mol. The monoisotopic (exact) mass is 454 g/mol. The SMILES string of the molecule is CO[C@H]1CC[C@@]2(C)[C@H](CC[C@@]3(C)CC4=CC[C@H]5C(C)(C)C(=O)CC[C@]5(C)[C@@H]4CC[C@@H]32)C1(C)C. The second-order valence-electron chi connectivity index (χ2n) is 14.9. The molecular weight excluding hydrogens is 404 g/mol. The molecule has 0 N–H and O–H groups in total. The summed E-state index contributed by atoms with van der Waals surface area (Å²) in [6.07, 6.45) is 15.3. The molecule has 8 atom stereocenters. The Labute approximate surface area is 203 Å². The fourth-order valence-corrected chi connectivity index (χ4v) is 11.2. The van der Waals surface area contributed by atoms with Crippen LogP contribution in [0.25, 0.3) is 0 Å². The van der Waals surface area contributed by atoms with Gasteiger partial charge in [0.25, 0.3) is 0 Å². The van der Waals surface area contributed by atoms with Gasteiger partial charge in [-0.25, -0.2) is 0 Å². The summed E-state index contributed by atoms with van der Waals surface area (Å²) in [7, 11) is 1.93. The molecule has 2 heteroatoms. The number of carbonyl (C=O) groups excluding carboxylic acids is 1. The van der Waals surface area contributed by atoms with Crippen LogP contribution < -0.4 is 0 Å². The fraction of sp³-hybridized carbons (Fsp3) is 0.903. The van der Waals surface area contributed by atoms with E-state index in [1.165, 1.54) is 44.9 Å². The van der Waals surface area contributed by atoms with Gasteiger partial charge in [-0.05, 0) is 103 Å². The van der Waals surface area contributed by atoms with Gasteiger partial charge in [-0.3, -0.25) is 4.79 Å². The number of fused-ring (bicyclic) bond motifs is 6. The highest BCUT2D eigenvalue weighted by Gasteiger charge is 2.63. The van der Waals surface area contributed by atoms with Crippen molar-refractivity contribution in [3.63, 3.8) is 0 Å². The Morgan fingerprint density at radius 1 is 0.818 bits per heavy atom. The predicted octanol–water partition coefficient (Wildman–Crippen LogP) is 8.00. The molecule has 2 nitrogen and oxygen atoms in total. The van der Waals surface area contributed by atoms with Crippen molar-refractivity contribution in [3.8, 4) is 0 Å². The maximum Gasteiger partial charge on any atom is 0.138 e.